The zero-order valence-corrected chi connectivity index (χ0v) is 15.5. The van der Waals surface area contributed by atoms with Crippen LogP contribution in [0.3, 0.4) is 0 Å². The first kappa shape index (κ1) is 17.6. The molecule has 1 aliphatic carbocycles. The van der Waals surface area contributed by atoms with Crippen LogP contribution in [-0.4, -0.2) is 49.2 Å². The summed E-state index contributed by atoms with van der Waals surface area (Å²) >= 11 is 0. The number of rotatable bonds is 4. The fraction of sp³-hybridized carbons (Fsp3) is 0.529. The molecule has 2 aliphatic rings. The largest absolute Gasteiger partial charge is 0.379 e. The van der Waals surface area contributed by atoms with Crippen molar-refractivity contribution in [2.75, 3.05) is 26.3 Å². The first-order valence-corrected chi connectivity index (χ1v) is 10.2. The Balaban J connectivity index is 1.68. The average Bonchev–Trinajstić information content (AvgIpc) is 3.11. The van der Waals surface area contributed by atoms with Crippen molar-refractivity contribution < 1.29 is 17.7 Å². The molecule has 0 unspecified atom stereocenters. The zero-order chi connectivity index (χ0) is 18.4. The van der Waals surface area contributed by atoms with E-state index in [-0.39, 0.29) is 10.8 Å². The van der Waals surface area contributed by atoms with Crippen molar-refractivity contribution in [1.29, 1.82) is 0 Å². The molecule has 8 nitrogen and oxygen atoms in total. The van der Waals surface area contributed by atoms with E-state index < -0.39 is 15.6 Å². The number of morpholine rings is 1. The summed E-state index contributed by atoms with van der Waals surface area (Å²) in [5, 5.41) is 4.00. The van der Waals surface area contributed by atoms with Crippen LogP contribution in [0.5, 0.6) is 0 Å². The predicted octanol–water partition coefficient (Wildman–Crippen LogP) is 1.40. The lowest BCUT2D eigenvalue weighted by molar-refractivity contribution is 0.0730. The van der Waals surface area contributed by atoms with Crippen LogP contribution >= 0.6 is 0 Å². The average molecular weight is 378 g/mol. The number of hydrogen-bond acceptors (Lipinski definition) is 7. The van der Waals surface area contributed by atoms with Crippen molar-refractivity contribution in [3.63, 3.8) is 0 Å². The van der Waals surface area contributed by atoms with Gasteiger partial charge in [0.25, 0.3) is 5.89 Å². The molecule has 4 rings (SSSR count). The van der Waals surface area contributed by atoms with Gasteiger partial charge in [-0.3, -0.25) is 0 Å². The first-order chi connectivity index (χ1) is 12.4. The summed E-state index contributed by atoms with van der Waals surface area (Å²) in [4.78, 5) is 4.66. The molecule has 2 fully saturated rings. The van der Waals surface area contributed by atoms with Gasteiger partial charge in [0.05, 0.1) is 23.6 Å². The monoisotopic (exact) mass is 378 g/mol. The molecule has 0 amide bonds. The number of aromatic nitrogens is 2. The Morgan fingerprint density at radius 2 is 1.96 bits per heavy atom. The van der Waals surface area contributed by atoms with E-state index in [2.05, 4.69) is 10.1 Å². The maximum absolute atomic E-state index is 13.0. The van der Waals surface area contributed by atoms with Crippen LogP contribution in [0.15, 0.2) is 27.6 Å². The highest BCUT2D eigenvalue weighted by molar-refractivity contribution is 7.89. The van der Waals surface area contributed by atoms with Gasteiger partial charge in [0, 0.05) is 18.7 Å². The van der Waals surface area contributed by atoms with Gasteiger partial charge < -0.3 is 15.0 Å². The molecule has 2 N–H and O–H groups in total. The van der Waals surface area contributed by atoms with Crippen LogP contribution in [-0.2, 0) is 20.3 Å². The van der Waals surface area contributed by atoms with Crippen molar-refractivity contribution in [2.45, 2.75) is 36.6 Å². The molecular weight excluding hydrogens is 356 g/mol. The molecule has 1 saturated carbocycles. The minimum atomic E-state index is -3.60. The zero-order valence-electron chi connectivity index (χ0n) is 14.6. The van der Waals surface area contributed by atoms with Gasteiger partial charge in [-0.1, -0.05) is 11.2 Å². The third kappa shape index (κ3) is 2.94. The predicted molar refractivity (Wildman–Crippen MR) is 93.8 cm³/mol. The van der Waals surface area contributed by atoms with Gasteiger partial charge in [-0.05, 0) is 43.9 Å². The lowest BCUT2D eigenvalue weighted by Crippen LogP contribution is -2.44. The molecule has 1 aliphatic heterocycles. The van der Waals surface area contributed by atoms with Gasteiger partial charge in [-0.25, -0.2) is 8.42 Å². The summed E-state index contributed by atoms with van der Waals surface area (Å²) < 4.78 is 38.0. The number of nitrogens with zero attached hydrogens (tertiary/aromatic N) is 3. The molecule has 1 saturated heterocycles. The second kappa shape index (κ2) is 6.41. The molecule has 0 radical (unpaired) electrons. The fourth-order valence-corrected chi connectivity index (χ4v) is 4.92. The van der Waals surface area contributed by atoms with Crippen LogP contribution in [0.25, 0.3) is 11.5 Å². The second-order valence-electron chi connectivity index (χ2n) is 6.93. The smallest absolute Gasteiger partial charge is 0.258 e. The molecule has 2 heterocycles. The third-order valence-corrected chi connectivity index (χ3v) is 7.18. The van der Waals surface area contributed by atoms with E-state index in [0.29, 0.717) is 43.3 Å². The summed E-state index contributed by atoms with van der Waals surface area (Å²) in [6, 6.07) is 5.14. The number of hydrogen-bond donors (Lipinski definition) is 1. The third-order valence-electron chi connectivity index (χ3n) is 5.14. The number of aryl methyl sites for hydroxylation is 1. The van der Waals surface area contributed by atoms with Crippen molar-refractivity contribution >= 4 is 10.0 Å². The van der Waals surface area contributed by atoms with Gasteiger partial charge in [-0.15, -0.1) is 0 Å². The molecule has 9 heteroatoms. The van der Waals surface area contributed by atoms with Gasteiger partial charge in [0.1, 0.15) is 0 Å². The maximum atomic E-state index is 13.0. The summed E-state index contributed by atoms with van der Waals surface area (Å²) in [6.07, 6.45) is 2.71. The van der Waals surface area contributed by atoms with E-state index in [9.17, 15) is 8.42 Å². The number of sulfonamides is 1. The molecule has 0 bridgehead atoms. The molecule has 0 atom stereocenters. The quantitative estimate of drug-likeness (QED) is 0.856. The van der Waals surface area contributed by atoms with E-state index in [1.807, 2.05) is 0 Å². The summed E-state index contributed by atoms with van der Waals surface area (Å²) in [7, 11) is -3.60. The second-order valence-corrected chi connectivity index (χ2v) is 8.84. The van der Waals surface area contributed by atoms with Gasteiger partial charge in [-0.2, -0.15) is 9.29 Å². The summed E-state index contributed by atoms with van der Waals surface area (Å²) in [5.41, 5.74) is 6.97. The van der Waals surface area contributed by atoms with Crippen LogP contribution in [0.1, 0.15) is 30.7 Å². The van der Waals surface area contributed by atoms with E-state index in [4.69, 9.17) is 15.0 Å². The molecule has 1 aromatic heterocycles. The molecule has 0 spiro atoms. The van der Waals surface area contributed by atoms with Crippen molar-refractivity contribution in [3.05, 3.63) is 29.6 Å². The summed E-state index contributed by atoms with van der Waals surface area (Å²) in [6.45, 7) is 3.30. The van der Waals surface area contributed by atoms with Gasteiger partial charge >= 0.3 is 0 Å². The van der Waals surface area contributed by atoms with Crippen LogP contribution in [0.4, 0.5) is 0 Å². The molecular formula is C17H22N4O4S. The highest BCUT2D eigenvalue weighted by atomic mass is 32.2. The number of benzene rings is 1. The first-order valence-electron chi connectivity index (χ1n) is 8.72. The SMILES string of the molecule is Cc1ccc(-c2nc(C3(N)CCC3)no2)cc1S(=O)(=O)N1CCOCC1. The van der Waals surface area contributed by atoms with E-state index in [1.165, 1.54) is 4.31 Å². The highest BCUT2D eigenvalue weighted by Crippen LogP contribution is 2.38. The van der Waals surface area contributed by atoms with Gasteiger partial charge in [0.2, 0.25) is 10.0 Å². The number of nitrogens with two attached hydrogens (primary N) is 1. The van der Waals surface area contributed by atoms with E-state index >= 15 is 0 Å². The Bertz CT molecular complexity index is 915. The van der Waals surface area contributed by atoms with Crippen molar-refractivity contribution in [1.82, 2.24) is 14.4 Å². The van der Waals surface area contributed by atoms with Crippen molar-refractivity contribution in [2.24, 2.45) is 5.73 Å². The molecule has 1 aromatic carbocycles. The maximum Gasteiger partial charge on any atom is 0.258 e. The topological polar surface area (TPSA) is 112 Å². The van der Waals surface area contributed by atoms with E-state index in [0.717, 1.165) is 19.3 Å². The fourth-order valence-electron chi connectivity index (χ4n) is 3.26. The number of ether oxygens (including phenoxy) is 1. The minimum Gasteiger partial charge on any atom is -0.379 e. The molecule has 26 heavy (non-hydrogen) atoms. The Kier molecular flexibility index (Phi) is 4.34. The minimum absolute atomic E-state index is 0.253. The molecule has 140 valence electrons. The lowest BCUT2D eigenvalue weighted by atomic mass is 9.77. The van der Waals surface area contributed by atoms with Crippen LogP contribution in [0.2, 0.25) is 0 Å². The normalized spacial score (nSPS) is 20.7. The van der Waals surface area contributed by atoms with E-state index in [1.54, 1.807) is 25.1 Å². The standard InChI is InChI=1S/C17H22N4O4S/c1-12-3-4-13(15-19-16(20-25-15)17(18)5-2-6-17)11-14(12)26(22,23)21-7-9-24-10-8-21/h3-4,11H,2,5-10,18H2,1H3. The Labute approximate surface area is 152 Å². The van der Waals surface area contributed by atoms with Crippen LogP contribution < -0.4 is 5.73 Å². The lowest BCUT2D eigenvalue weighted by Gasteiger charge is -2.34. The summed E-state index contributed by atoms with van der Waals surface area (Å²) in [5.74, 6) is 0.770. The van der Waals surface area contributed by atoms with Gasteiger partial charge in [0.15, 0.2) is 5.82 Å². The Morgan fingerprint density at radius 1 is 1.23 bits per heavy atom. The highest BCUT2D eigenvalue weighted by Gasteiger charge is 2.39. The Hall–Kier alpha value is -1.81. The Morgan fingerprint density at radius 3 is 2.62 bits per heavy atom. The molecule has 2 aromatic rings. The van der Waals surface area contributed by atoms with Crippen LogP contribution in [0, 0.1) is 6.92 Å². The van der Waals surface area contributed by atoms with Crippen molar-refractivity contribution in [3.8, 4) is 11.5 Å².